The number of esters is 1. The number of ether oxygens (including phenoxy) is 1. The Hall–Kier alpha value is -0.360. The van der Waals surface area contributed by atoms with E-state index in [9.17, 15) is 13.6 Å². The Bertz CT molecular complexity index is 214. The lowest BCUT2D eigenvalue weighted by Gasteiger charge is -2.08. The van der Waals surface area contributed by atoms with Crippen LogP contribution in [0.25, 0.3) is 0 Å². The molecule has 1 fully saturated rings. The van der Waals surface area contributed by atoms with Crippen molar-refractivity contribution in [3.05, 3.63) is 0 Å². The fourth-order valence-corrected chi connectivity index (χ4v) is 1.55. The highest BCUT2D eigenvalue weighted by atomic mass is 32.2. The number of halogens is 2. The highest BCUT2D eigenvalue weighted by molar-refractivity contribution is 7.98. The maximum absolute atomic E-state index is 12.7. The lowest BCUT2D eigenvalue weighted by molar-refractivity contribution is -0.158. The van der Waals surface area contributed by atoms with Crippen LogP contribution in [0.15, 0.2) is 0 Å². The van der Waals surface area contributed by atoms with Crippen LogP contribution in [0.2, 0.25) is 0 Å². The van der Waals surface area contributed by atoms with Crippen LogP contribution in [0.5, 0.6) is 0 Å². The number of nitrogens with one attached hydrogen (secondary N) is 1. The van der Waals surface area contributed by atoms with E-state index in [1.807, 2.05) is 6.26 Å². The summed E-state index contributed by atoms with van der Waals surface area (Å²) in [6, 6.07) is 0. The van der Waals surface area contributed by atoms with Gasteiger partial charge >= 0.3 is 11.9 Å². The van der Waals surface area contributed by atoms with E-state index < -0.39 is 24.4 Å². The summed E-state index contributed by atoms with van der Waals surface area (Å²) in [5.41, 5.74) is 0. The zero-order valence-corrected chi connectivity index (χ0v) is 8.70. The molecule has 1 saturated heterocycles. The van der Waals surface area contributed by atoms with E-state index in [0.717, 1.165) is 12.3 Å². The van der Waals surface area contributed by atoms with Crippen molar-refractivity contribution in [2.75, 3.05) is 25.1 Å². The average Bonchev–Trinajstić information content (AvgIpc) is 2.35. The van der Waals surface area contributed by atoms with Crippen LogP contribution in [0.1, 0.15) is 6.42 Å². The molecule has 1 rings (SSSR count). The van der Waals surface area contributed by atoms with Crippen LogP contribution in [0, 0.1) is 0 Å². The lowest BCUT2D eigenvalue weighted by Crippen LogP contribution is -2.28. The van der Waals surface area contributed by atoms with Crippen LogP contribution in [0.3, 0.4) is 0 Å². The predicted octanol–water partition coefficient (Wildman–Crippen LogP) is 0.890. The molecule has 1 atom stereocenters. The molecule has 3 nitrogen and oxygen atoms in total. The van der Waals surface area contributed by atoms with Gasteiger partial charge in [-0.1, -0.05) is 0 Å². The van der Waals surface area contributed by atoms with Crippen molar-refractivity contribution in [2.45, 2.75) is 18.4 Å². The molecule has 1 N–H and O–H groups in total. The Kier molecular flexibility index (Phi) is 4.12. The van der Waals surface area contributed by atoms with E-state index in [2.05, 4.69) is 10.1 Å². The van der Waals surface area contributed by atoms with Crippen molar-refractivity contribution in [3.63, 3.8) is 0 Å². The summed E-state index contributed by atoms with van der Waals surface area (Å²) >= 11 is 1.67. The van der Waals surface area contributed by atoms with Crippen LogP contribution >= 0.6 is 11.8 Å². The summed E-state index contributed by atoms with van der Waals surface area (Å²) in [7, 11) is 0. The van der Waals surface area contributed by atoms with E-state index in [0.29, 0.717) is 6.54 Å². The average molecular weight is 225 g/mol. The van der Waals surface area contributed by atoms with E-state index in [1.54, 1.807) is 11.8 Å². The summed E-state index contributed by atoms with van der Waals surface area (Å²) in [4.78, 5) is 10.6. The van der Waals surface area contributed by atoms with Crippen LogP contribution < -0.4 is 5.32 Å². The first-order valence-electron chi connectivity index (χ1n) is 4.35. The Morgan fingerprint density at radius 2 is 2.43 bits per heavy atom. The summed E-state index contributed by atoms with van der Waals surface area (Å²) < 4.78 is 29.8. The fraction of sp³-hybridized carbons (Fsp3) is 0.875. The maximum atomic E-state index is 12.7. The first kappa shape index (κ1) is 11.7. The number of thioether (sulfide) groups is 1. The predicted molar refractivity (Wildman–Crippen MR) is 50.7 cm³/mol. The molecule has 82 valence electrons. The monoisotopic (exact) mass is 225 g/mol. The minimum atomic E-state index is -3.29. The standard InChI is InChI=1S/C8H13F2NO2S/c1-14-3-2-11-5-6-4-8(9,10)7(12)13-6/h6,11H,2-5H2,1H3. The summed E-state index contributed by atoms with van der Waals surface area (Å²) in [6.45, 7) is 1.04. The van der Waals surface area contributed by atoms with E-state index >= 15 is 0 Å². The third kappa shape index (κ3) is 3.09. The topological polar surface area (TPSA) is 38.3 Å². The number of alkyl halides is 2. The van der Waals surface area contributed by atoms with E-state index in [4.69, 9.17) is 0 Å². The van der Waals surface area contributed by atoms with Crippen molar-refractivity contribution >= 4 is 17.7 Å². The second-order valence-electron chi connectivity index (χ2n) is 3.13. The molecule has 0 spiro atoms. The number of rotatable bonds is 5. The number of hydrogen-bond acceptors (Lipinski definition) is 4. The van der Waals surface area contributed by atoms with E-state index in [1.165, 1.54) is 0 Å². The molecule has 1 aliphatic rings. The Morgan fingerprint density at radius 3 is 2.93 bits per heavy atom. The first-order chi connectivity index (χ1) is 6.56. The fourth-order valence-electron chi connectivity index (χ4n) is 1.20. The van der Waals surface area contributed by atoms with Crippen molar-refractivity contribution in [1.29, 1.82) is 0 Å². The van der Waals surface area contributed by atoms with Gasteiger partial charge in [0.15, 0.2) is 0 Å². The molecule has 0 amide bonds. The minimum Gasteiger partial charge on any atom is -0.456 e. The van der Waals surface area contributed by atoms with Gasteiger partial charge in [0.2, 0.25) is 0 Å². The summed E-state index contributed by atoms with van der Waals surface area (Å²) in [5, 5.41) is 2.96. The van der Waals surface area contributed by atoms with Gasteiger partial charge in [0.05, 0.1) is 6.42 Å². The zero-order valence-electron chi connectivity index (χ0n) is 7.89. The largest absolute Gasteiger partial charge is 0.456 e. The third-order valence-electron chi connectivity index (χ3n) is 1.91. The highest BCUT2D eigenvalue weighted by Gasteiger charge is 2.50. The normalized spacial score (nSPS) is 25.1. The number of carbonyl (C=O) groups is 1. The molecule has 0 radical (unpaired) electrons. The van der Waals surface area contributed by atoms with Gasteiger partial charge in [-0.25, -0.2) is 4.79 Å². The van der Waals surface area contributed by atoms with Crippen LogP contribution in [-0.4, -0.2) is 43.1 Å². The van der Waals surface area contributed by atoms with Gasteiger partial charge in [-0.2, -0.15) is 20.5 Å². The molecular formula is C8H13F2NO2S. The number of cyclic esters (lactones) is 1. The Labute approximate surface area is 85.6 Å². The Morgan fingerprint density at radius 1 is 1.71 bits per heavy atom. The molecule has 1 unspecified atom stereocenters. The zero-order chi connectivity index (χ0) is 10.6. The SMILES string of the molecule is CSCCNCC1CC(F)(F)C(=O)O1. The molecule has 0 aliphatic carbocycles. The molecular weight excluding hydrogens is 212 g/mol. The molecule has 0 aromatic rings. The highest BCUT2D eigenvalue weighted by Crippen LogP contribution is 2.30. The second kappa shape index (κ2) is 4.93. The minimum absolute atomic E-state index is 0.307. The van der Waals surface area contributed by atoms with Gasteiger partial charge in [0, 0.05) is 18.8 Å². The van der Waals surface area contributed by atoms with Gasteiger partial charge in [-0.15, -0.1) is 0 Å². The molecule has 0 saturated carbocycles. The van der Waals surface area contributed by atoms with Gasteiger partial charge < -0.3 is 10.1 Å². The van der Waals surface area contributed by atoms with Gasteiger partial charge in [-0.05, 0) is 6.26 Å². The first-order valence-corrected chi connectivity index (χ1v) is 5.74. The maximum Gasteiger partial charge on any atom is 0.377 e. The van der Waals surface area contributed by atoms with Gasteiger partial charge in [-0.3, -0.25) is 0 Å². The van der Waals surface area contributed by atoms with Crippen molar-refractivity contribution in [3.8, 4) is 0 Å². The van der Waals surface area contributed by atoms with Crippen molar-refractivity contribution in [2.24, 2.45) is 0 Å². The van der Waals surface area contributed by atoms with Crippen LogP contribution in [-0.2, 0) is 9.53 Å². The molecule has 1 heterocycles. The molecule has 1 aliphatic heterocycles. The van der Waals surface area contributed by atoms with Crippen molar-refractivity contribution in [1.82, 2.24) is 5.32 Å². The third-order valence-corrected chi connectivity index (χ3v) is 2.52. The molecule has 0 aromatic carbocycles. The smallest absolute Gasteiger partial charge is 0.377 e. The lowest BCUT2D eigenvalue weighted by atomic mass is 10.2. The second-order valence-corrected chi connectivity index (χ2v) is 4.12. The molecule has 6 heteroatoms. The number of hydrogen-bond donors (Lipinski definition) is 1. The molecule has 14 heavy (non-hydrogen) atoms. The molecule has 0 aromatic heterocycles. The molecule has 0 bridgehead atoms. The van der Waals surface area contributed by atoms with Gasteiger partial charge in [0.25, 0.3) is 0 Å². The number of carbonyl (C=O) groups excluding carboxylic acids is 1. The quantitative estimate of drug-likeness (QED) is 0.557. The Balaban J connectivity index is 2.19. The summed E-state index contributed by atoms with van der Waals surface area (Å²) in [5.74, 6) is -3.77. The van der Waals surface area contributed by atoms with Crippen LogP contribution in [0.4, 0.5) is 8.78 Å². The summed E-state index contributed by atoms with van der Waals surface area (Å²) in [6.07, 6.45) is 0.781. The van der Waals surface area contributed by atoms with E-state index in [-0.39, 0.29) is 0 Å². The van der Waals surface area contributed by atoms with Crippen molar-refractivity contribution < 1.29 is 18.3 Å². The van der Waals surface area contributed by atoms with Gasteiger partial charge in [0.1, 0.15) is 6.10 Å².